The Morgan fingerprint density at radius 3 is 2.40 bits per heavy atom. The van der Waals surface area contributed by atoms with Gasteiger partial charge in [0.25, 0.3) is 5.91 Å². The molecule has 0 aliphatic heterocycles. The molecule has 43 heavy (non-hydrogen) atoms. The van der Waals surface area contributed by atoms with Crippen molar-refractivity contribution in [3.8, 4) is 22.9 Å². The number of benzene rings is 2. The number of nitrogens with one attached hydrogen (secondary N) is 2. The Morgan fingerprint density at radius 2 is 1.65 bits per heavy atom. The number of Topliss-reactive ketones (excluding diaryl/α,β-unsaturated/α-hetero) is 1. The van der Waals surface area contributed by atoms with Crippen LogP contribution in [0, 0.1) is 18.6 Å². The number of carbonyl (C=O) groups excluding carboxylic acids is 2. The maximum Gasteiger partial charge on any atom is 0.252 e. The summed E-state index contributed by atoms with van der Waals surface area (Å²) in [7, 11) is 0. The summed E-state index contributed by atoms with van der Waals surface area (Å²) in [6.07, 6.45) is 3.01. The monoisotopic (exact) mass is 591 g/mol. The van der Waals surface area contributed by atoms with Gasteiger partial charge in [0.15, 0.2) is 6.29 Å². The molecule has 0 aliphatic carbocycles. The van der Waals surface area contributed by atoms with Crippen LogP contribution in [0.4, 0.5) is 8.78 Å². The number of rotatable bonds is 15. The van der Waals surface area contributed by atoms with E-state index in [1.165, 1.54) is 18.2 Å². The fourth-order valence-electron chi connectivity index (χ4n) is 4.48. The van der Waals surface area contributed by atoms with E-state index >= 15 is 0 Å². The minimum atomic E-state index is -0.598. The summed E-state index contributed by atoms with van der Waals surface area (Å²) < 4.78 is 45.7. The Morgan fingerprint density at radius 1 is 0.907 bits per heavy atom. The van der Waals surface area contributed by atoms with Crippen molar-refractivity contribution in [1.29, 1.82) is 0 Å². The van der Waals surface area contributed by atoms with Crippen molar-refractivity contribution in [1.82, 2.24) is 15.3 Å². The highest BCUT2D eigenvalue weighted by Gasteiger charge is 2.15. The summed E-state index contributed by atoms with van der Waals surface area (Å²) >= 11 is 0. The molecule has 0 atom stereocenters. The van der Waals surface area contributed by atoms with E-state index in [0.29, 0.717) is 54.4 Å². The number of aromatic nitrogens is 2. The first-order valence-corrected chi connectivity index (χ1v) is 14.1. The fraction of sp³-hybridized carbons (Fsp3) is 0.303. The van der Waals surface area contributed by atoms with Crippen molar-refractivity contribution in [2.75, 3.05) is 19.8 Å². The van der Waals surface area contributed by atoms with E-state index in [9.17, 15) is 18.4 Å². The van der Waals surface area contributed by atoms with Crippen LogP contribution in [0.5, 0.6) is 11.5 Å². The Hall–Kier alpha value is -4.41. The van der Waals surface area contributed by atoms with Crippen molar-refractivity contribution in [3.05, 3.63) is 101 Å². The first-order valence-electron chi connectivity index (χ1n) is 14.1. The van der Waals surface area contributed by atoms with Gasteiger partial charge < -0.3 is 24.5 Å². The molecule has 0 spiro atoms. The first kappa shape index (κ1) is 31.5. The molecule has 2 aromatic carbocycles. The standard InChI is InChI=1S/C33H35F2N3O5/c1-4-41-32(42-5-2)11-13-37-33(40)24-17-30(38-20-24)31-19-27(10-12-36-31)43-26-8-7-22(29(35)18-26)15-25(39)16-23-14-21(3)6-9-28(23)34/h6-10,12,14,17-20,32,38H,4-5,11,13,15-16H2,1-3H3,(H,37,40). The molecule has 0 saturated carbocycles. The Labute approximate surface area is 249 Å². The highest BCUT2D eigenvalue weighted by molar-refractivity contribution is 5.95. The average molecular weight is 592 g/mol. The molecule has 2 heterocycles. The number of hydrogen-bond acceptors (Lipinski definition) is 6. The normalized spacial score (nSPS) is 11.1. The Balaban J connectivity index is 1.35. The second-order valence-corrected chi connectivity index (χ2v) is 9.91. The molecule has 0 fully saturated rings. The van der Waals surface area contributed by atoms with E-state index in [2.05, 4.69) is 15.3 Å². The molecule has 0 aliphatic rings. The average Bonchev–Trinajstić information content (AvgIpc) is 3.48. The molecular formula is C33H35F2N3O5. The van der Waals surface area contributed by atoms with E-state index in [0.717, 1.165) is 5.56 Å². The van der Waals surface area contributed by atoms with E-state index < -0.39 is 11.6 Å². The Bertz CT molecular complexity index is 1550. The van der Waals surface area contributed by atoms with Gasteiger partial charge in [0.1, 0.15) is 28.9 Å². The summed E-state index contributed by atoms with van der Waals surface area (Å²) in [6, 6.07) is 13.8. The third kappa shape index (κ3) is 9.04. The molecule has 2 N–H and O–H groups in total. The second kappa shape index (κ2) is 15.2. The van der Waals surface area contributed by atoms with Crippen molar-refractivity contribution in [2.45, 2.75) is 46.3 Å². The molecule has 0 radical (unpaired) electrons. The molecule has 0 bridgehead atoms. The maximum atomic E-state index is 14.9. The van der Waals surface area contributed by atoms with Crippen molar-refractivity contribution < 1.29 is 32.6 Å². The van der Waals surface area contributed by atoms with Gasteiger partial charge in [-0.05, 0) is 56.2 Å². The number of nitrogens with zero attached hydrogens (tertiary/aromatic N) is 1. The van der Waals surface area contributed by atoms with Crippen LogP contribution in [0.2, 0.25) is 0 Å². The van der Waals surface area contributed by atoms with Gasteiger partial charge in [-0.1, -0.05) is 23.8 Å². The van der Waals surface area contributed by atoms with Crippen LogP contribution in [-0.4, -0.2) is 47.7 Å². The number of carbonyl (C=O) groups is 2. The highest BCUT2D eigenvalue weighted by atomic mass is 19.1. The van der Waals surface area contributed by atoms with E-state index in [-0.39, 0.29) is 42.1 Å². The number of H-pyrrole nitrogens is 1. The predicted octanol–water partition coefficient (Wildman–Crippen LogP) is 6.33. The number of pyridine rings is 1. The fourth-order valence-corrected chi connectivity index (χ4v) is 4.48. The number of hydrogen-bond donors (Lipinski definition) is 2. The van der Waals surface area contributed by atoms with Crippen LogP contribution in [-0.2, 0) is 27.1 Å². The van der Waals surface area contributed by atoms with Gasteiger partial charge in [-0.25, -0.2) is 8.78 Å². The van der Waals surface area contributed by atoms with Gasteiger partial charge >= 0.3 is 0 Å². The number of halogens is 2. The zero-order valence-electron chi connectivity index (χ0n) is 24.4. The van der Waals surface area contributed by atoms with Crippen LogP contribution in [0.1, 0.15) is 47.3 Å². The largest absolute Gasteiger partial charge is 0.457 e. The third-order valence-corrected chi connectivity index (χ3v) is 6.56. The summed E-state index contributed by atoms with van der Waals surface area (Å²) in [5.41, 5.74) is 2.90. The second-order valence-electron chi connectivity index (χ2n) is 9.91. The number of amides is 1. The van der Waals surface area contributed by atoms with Crippen LogP contribution in [0.3, 0.4) is 0 Å². The molecule has 1 amide bonds. The molecule has 0 unspecified atom stereocenters. The van der Waals surface area contributed by atoms with E-state index in [1.54, 1.807) is 48.8 Å². The smallest absolute Gasteiger partial charge is 0.252 e. The van der Waals surface area contributed by atoms with Crippen molar-refractivity contribution in [3.63, 3.8) is 0 Å². The van der Waals surface area contributed by atoms with Gasteiger partial charge in [0, 0.05) is 63.5 Å². The van der Waals surface area contributed by atoms with Crippen LogP contribution < -0.4 is 10.1 Å². The molecule has 4 rings (SSSR count). The number of aromatic amines is 1. The first-order chi connectivity index (χ1) is 20.7. The van der Waals surface area contributed by atoms with Crippen molar-refractivity contribution in [2.24, 2.45) is 0 Å². The van der Waals surface area contributed by atoms with Crippen LogP contribution in [0.25, 0.3) is 11.4 Å². The summed E-state index contributed by atoms with van der Waals surface area (Å²) in [5.74, 6) is -0.960. The van der Waals surface area contributed by atoms with Gasteiger partial charge in [0.05, 0.1) is 17.0 Å². The van der Waals surface area contributed by atoms with Crippen LogP contribution in [0.15, 0.2) is 67.0 Å². The molecule has 0 saturated heterocycles. The highest BCUT2D eigenvalue weighted by Crippen LogP contribution is 2.27. The summed E-state index contributed by atoms with van der Waals surface area (Å²) in [4.78, 5) is 32.5. The predicted molar refractivity (Wildman–Crippen MR) is 158 cm³/mol. The summed E-state index contributed by atoms with van der Waals surface area (Å²) in [5, 5.41) is 2.86. The maximum absolute atomic E-state index is 14.9. The summed E-state index contributed by atoms with van der Waals surface area (Å²) in [6.45, 7) is 7.03. The lowest BCUT2D eigenvalue weighted by Gasteiger charge is -2.16. The molecule has 2 aromatic heterocycles. The van der Waals surface area contributed by atoms with Gasteiger partial charge in [-0.2, -0.15) is 0 Å². The number of ketones is 1. The number of ether oxygens (including phenoxy) is 3. The minimum absolute atomic E-state index is 0.116. The van der Waals surface area contributed by atoms with E-state index in [4.69, 9.17) is 14.2 Å². The zero-order valence-corrected chi connectivity index (χ0v) is 24.4. The SMILES string of the molecule is CCOC(CCNC(=O)c1c[nH]c(-c2cc(Oc3ccc(CC(=O)Cc4cc(C)ccc4F)c(F)c3)ccn2)c1)OCC. The quantitative estimate of drug-likeness (QED) is 0.157. The van der Waals surface area contributed by atoms with E-state index in [1.807, 2.05) is 20.8 Å². The minimum Gasteiger partial charge on any atom is -0.457 e. The zero-order chi connectivity index (χ0) is 30.8. The Kier molecular flexibility index (Phi) is 11.1. The lowest BCUT2D eigenvalue weighted by Crippen LogP contribution is -2.29. The van der Waals surface area contributed by atoms with Gasteiger partial charge in [-0.3, -0.25) is 14.6 Å². The van der Waals surface area contributed by atoms with Crippen LogP contribution >= 0.6 is 0 Å². The van der Waals surface area contributed by atoms with Gasteiger partial charge in [-0.15, -0.1) is 0 Å². The molecule has 8 nitrogen and oxygen atoms in total. The molecule has 10 heteroatoms. The van der Waals surface area contributed by atoms with Crippen molar-refractivity contribution >= 4 is 11.7 Å². The lowest BCUT2D eigenvalue weighted by molar-refractivity contribution is -0.138. The molecular weight excluding hydrogens is 556 g/mol. The topological polar surface area (TPSA) is 103 Å². The number of aryl methyl sites for hydroxylation is 1. The molecule has 4 aromatic rings. The molecule has 226 valence electrons. The third-order valence-electron chi connectivity index (χ3n) is 6.56. The van der Waals surface area contributed by atoms with Gasteiger partial charge in [0.2, 0.25) is 0 Å². The lowest BCUT2D eigenvalue weighted by atomic mass is 10.0.